The van der Waals surface area contributed by atoms with Crippen molar-refractivity contribution in [1.82, 2.24) is 14.9 Å². The third kappa shape index (κ3) is 5.65. The average molecular weight is 278 g/mol. The largest absolute Gasteiger partial charge is 0.336 e. The van der Waals surface area contributed by atoms with E-state index >= 15 is 0 Å². The molecule has 1 aliphatic rings. The summed E-state index contributed by atoms with van der Waals surface area (Å²) in [6, 6.07) is 0.00530. The second kappa shape index (κ2) is 6.35. The summed E-state index contributed by atoms with van der Waals surface area (Å²) in [6.07, 6.45) is 1.77. The molecule has 8 heteroatoms. The number of amides is 2. The minimum Gasteiger partial charge on any atom is -0.336 e. The first-order chi connectivity index (χ1) is 8.28. The van der Waals surface area contributed by atoms with Crippen LogP contribution in [0.3, 0.4) is 0 Å². The van der Waals surface area contributed by atoms with Crippen LogP contribution in [-0.2, 0) is 10.2 Å². The molecule has 0 bridgehead atoms. The van der Waals surface area contributed by atoms with E-state index in [2.05, 4.69) is 10.0 Å². The molecule has 0 aromatic rings. The number of hydrogen-bond donors (Lipinski definition) is 3. The molecule has 18 heavy (non-hydrogen) atoms. The van der Waals surface area contributed by atoms with Crippen molar-refractivity contribution in [3.05, 3.63) is 0 Å². The van der Waals surface area contributed by atoms with Gasteiger partial charge in [0.25, 0.3) is 10.2 Å². The molecule has 1 atom stereocenters. The second-order valence-corrected chi connectivity index (χ2v) is 6.33. The van der Waals surface area contributed by atoms with Crippen LogP contribution in [-0.4, -0.2) is 45.0 Å². The molecule has 1 fully saturated rings. The minimum absolute atomic E-state index is 0.0923. The molecule has 0 radical (unpaired) electrons. The van der Waals surface area contributed by atoms with Gasteiger partial charge in [-0.25, -0.2) is 14.7 Å². The first-order valence-electron chi connectivity index (χ1n) is 6.11. The molecule has 4 N–H and O–H groups in total. The highest BCUT2D eigenvalue weighted by molar-refractivity contribution is 7.87. The summed E-state index contributed by atoms with van der Waals surface area (Å²) < 4.78 is 23.9. The third-order valence-electron chi connectivity index (χ3n) is 2.79. The molecular formula is C10H22N4O3S. The zero-order valence-corrected chi connectivity index (χ0v) is 11.7. The van der Waals surface area contributed by atoms with Crippen molar-refractivity contribution in [2.45, 2.75) is 32.7 Å². The fraction of sp³-hybridized carbons (Fsp3) is 0.900. The van der Waals surface area contributed by atoms with E-state index < -0.39 is 10.2 Å². The van der Waals surface area contributed by atoms with E-state index in [1.54, 1.807) is 4.90 Å². The lowest BCUT2D eigenvalue weighted by atomic mass is 9.99. The predicted molar refractivity (Wildman–Crippen MR) is 69.1 cm³/mol. The zero-order valence-electron chi connectivity index (χ0n) is 10.8. The van der Waals surface area contributed by atoms with Gasteiger partial charge >= 0.3 is 6.03 Å². The Balaban J connectivity index is 2.43. The molecule has 1 rings (SSSR count). The van der Waals surface area contributed by atoms with Crippen molar-refractivity contribution in [2.75, 3.05) is 19.6 Å². The molecule has 1 aliphatic heterocycles. The lowest BCUT2D eigenvalue weighted by molar-refractivity contribution is 0.164. The number of likely N-dealkylation sites (tertiary alicyclic amines) is 1. The maximum atomic E-state index is 11.8. The van der Waals surface area contributed by atoms with Crippen LogP contribution in [0.25, 0.3) is 0 Å². The van der Waals surface area contributed by atoms with Crippen molar-refractivity contribution in [1.29, 1.82) is 0 Å². The first kappa shape index (κ1) is 15.2. The molecule has 0 aliphatic carbocycles. The molecule has 2 amide bonds. The standard InChI is InChI=1S/C10H22N4O3S/c1-8(2)13-10(15)14-5-3-4-9(7-14)6-12-18(11,16)17/h8-9,12H,3-7H2,1-2H3,(H,13,15)(H2,11,16,17). The number of carbonyl (C=O) groups excluding carboxylic acids is 1. The number of hydrogen-bond acceptors (Lipinski definition) is 3. The summed E-state index contributed by atoms with van der Waals surface area (Å²) in [6.45, 7) is 5.36. The van der Waals surface area contributed by atoms with Gasteiger partial charge in [0.2, 0.25) is 0 Å². The Morgan fingerprint density at radius 3 is 2.72 bits per heavy atom. The Kier molecular flexibility index (Phi) is 5.36. The van der Waals surface area contributed by atoms with Crippen molar-refractivity contribution in [2.24, 2.45) is 11.1 Å². The van der Waals surface area contributed by atoms with E-state index in [9.17, 15) is 13.2 Å². The van der Waals surface area contributed by atoms with Crippen molar-refractivity contribution in [3.8, 4) is 0 Å². The van der Waals surface area contributed by atoms with Crippen LogP contribution in [0.1, 0.15) is 26.7 Å². The molecule has 0 spiro atoms. The molecule has 0 aromatic carbocycles. The normalized spacial score (nSPS) is 21.1. The Labute approximate surface area is 108 Å². The molecular weight excluding hydrogens is 256 g/mol. The van der Waals surface area contributed by atoms with Gasteiger partial charge in [-0.2, -0.15) is 8.42 Å². The average Bonchev–Trinajstić information content (AvgIpc) is 2.25. The van der Waals surface area contributed by atoms with Crippen LogP contribution >= 0.6 is 0 Å². The summed E-state index contributed by atoms with van der Waals surface area (Å²) in [4.78, 5) is 13.5. The highest BCUT2D eigenvalue weighted by Crippen LogP contribution is 2.15. The summed E-state index contributed by atoms with van der Waals surface area (Å²) in [7, 11) is -3.65. The molecule has 1 heterocycles. The van der Waals surface area contributed by atoms with E-state index in [0.717, 1.165) is 12.8 Å². The van der Waals surface area contributed by atoms with Gasteiger partial charge in [0.05, 0.1) is 0 Å². The smallest absolute Gasteiger partial charge is 0.317 e. The summed E-state index contributed by atoms with van der Waals surface area (Å²) in [5, 5.41) is 7.71. The van der Waals surface area contributed by atoms with Gasteiger partial charge in [0.15, 0.2) is 0 Å². The molecule has 0 aromatic heterocycles. The predicted octanol–water partition coefficient (Wildman–Crippen LogP) is -0.390. The molecule has 1 unspecified atom stereocenters. The lowest BCUT2D eigenvalue weighted by Crippen LogP contribution is -2.49. The minimum atomic E-state index is -3.65. The molecule has 7 nitrogen and oxygen atoms in total. The monoisotopic (exact) mass is 278 g/mol. The number of nitrogens with two attached hydrogens (primary N) is 1. The van der Waals surface area contributed by atoms with Gasteiger partial charge in [-0.15, -0.1) is 0 Å². The maximum Gasteiger partial charge on any atom is 0.317 e. The lowest BCUT2D eigenvalue weighted by Gasteiger charge is -2.33. The fourth-order valence-electron chi connectivity index (χ4n) is 1.99. The van der Waals surface area contributed by atoms with E-state index in [1.807, 2.05) is 13.8 Å². The van der Waals surface area contributed by atoms with Crippen molar-refractivity contribution < 1.29 is 13.2 Å². The Bertz CT molecular complexity index is 383. The van der Waals surface area contributed by atoms with Crippen molar-refractivity contribution in [3.63, 3.8) is 0 Å². The number of nitrogens with zero attached hydrogens (tertiary/aromatic N) is 1. The number of carbonyl (C=O) groups is 1. The fourth-order valence-corrected chi connectivity index (χ4v) is 2.46. The highest BCUT2D eigenvalue weighted by Gasteiger charge is 2.24. The molecule has 0 saturated carbocycles. The SMILES string of the molecule is CC(C)NC(=O)N1CCCC(CNS(N)(=O)=O)C1. The number of rotatable bonds is 4. The van der Waals surface area contributed by atoms with E-state index in [-0.39, 0.29) is 24.5 Å². The summed E-state index contributed by atoms with van der Waals surface area (Å²) in [5.41, 5.74) is 0. The quantitative estimate of drug-likeness (QED) is 0.652. The first-order valence-corrected chi connectivity index (χ1v) is 7.65. The topological polar surface area (TPSA) is 105 Å². The molecule has 1 saturated heterocycles. The van der Waals surface area contributed by atoms with Gasteiger partial charge in [-0.3, -0.25) is 0 Å². The van der Waals surface area contributed by atoms with Crippen molar-refractivity contribution >= 4 is 16.2 Å². The van der Waals surface area contributed by atoms with Crippen LogP contribution in [0.15, 0.2) is 0 Å². The van der Waals surface area contributed by atoms with E-state index in [1.165, 1.54) is 0 Å². The number of nitrogens with one attached hydrogen (secondary N) is 2. The summed E-state index contributed by atoms with van der Waals surface area (Å²) >= 11 is 0. The molecule has 106 valence electrons. The van der Waals surface area contributed by atoms with Crippen LogP contribution in [0.2, 0.25) is 0 Å². The van der Waals surface area contributed by atoms with Crippen LogP contribution < -0.4 is 15.2 Å². The number of urea groups is 1. The van der Waals surface area contributed by atoms with Crippen LogP contribution in [0.5, 0.6) is 0 Å². The second-order valence-electron chi connectivity index (χ2n) is 4.95. The Hall–Kier alpha value is -0.860. The Morgan fingerprint density at radius 1 is 1.50 bits per heavy atom. The van der Waals surface area contributed by atoms with Crippen LogP contribution in [0, 0.1) is 5.92 Å². The van der Waals surface area contributed by atoms with Gasteiger partial charge in [0, 0.05) is 25.7 Å². The third-order valence-corrected chi connectivity index (χ3v) is 3.36. The van der Waals surface area contributed by atoms with E-state index in [4.69, 9.17) is 5.14 Å². The van der Waals surface area contributed by atoms with Gasteiger partial charge in [-0.05, 0) is 32.6 Å². The zero-order chi connectivity index (χ0) is 13.8. The maximum absolute atomic E-state index is 11.8. The number of piperidine rings is 1. The van der Waals surface area contributed by atoms with Gasteiger partial charge in [0.1, 0.15) is 0 Å². The highest BCUT2D eigenvalue weighted by atomic mass is 32.2. The van der Waals surface area contributed by atoms with Crippen LogP contribution in [0.4, 0.5) is 4.79 Å². The Morgan fingerprint density at radius 2 is 2.17 bits per heavy atom. The van der Waals surface area contributed by atoms with Gasteiger partial charge < -0.3 is 10.2 Å². The van der Waals surface area contributed by atoms with Gasteiger partial charge in [-0.1, -0.05) is 0 Å². The van der Waals surface area contributed by atoms with E-state index in [0.29, 0.717) is 13.1 Å². The summed E-state index contributed by atoms with van der Waals surface area (Å²) in [5.74, 6) is 0.120.